The number of hydrogen-bond donors (Lipinski definition) is 0. The van der Waals surface area contributed by atoms with Crippen molar-refractivity contribution in [3.63, 3.8) is 0 Å². The summed E-state index contributed by atoms with van der Waals surface area (Å²) in [5.41, 5.74) is 2.59. The van der Waals surface area contributed by atoms with Crippen LogP contribution in [0.15, 0.2) is 42.5 Å². The number of ketones is 1. The Bertz CT molecular complexity index is 741. The van der Waals surface area contributed by atoms with Gasteiger partial charge in [-0.05, 0) is 42.8 Å². The highest BCUT2D eigenvalue weighted by atomic mass is 35.5. The first-order chi connectivity index (χ1) is 9.61. The molecule has 2 aromatic carbocycles. The number of benzene rings is 2. The van der Waals surface area contributed by atoms with E-state index in [0.29, 0.717) is 17.0 Å². The van der Waals surface area contributed by atoms with Crippen LogP contribution in [0.5, 0.6) is 0 Å². The number of fused-ring (bicyclic) bond motifs is 1. The normalized spacial score (nSPS) is 10.9. The second kappa shape index (κ2) is 5.35. The highest BCUT2D eigenvalue weighted by molar-refractivity contribution is 7.18. The summed E-state index contributed by atoms with van der Waals surface area (Å²) < 4.78 is 1.11. The molecular weight excluding hydrogens is 290 g/mol. The molecule has 0 radical (unpaired) electrons. The minimum atomic E-state index is 0.0506. The topological polar surface area (TPSA) is 30.0 Å². The molecule has 0 aliphatic carbocycles. The lowest BCUT2D eigenvalue weighted by molar-refractivity contribution is 0.0993. The molecule has 0 aliphatic rings. The Balaban J connectivity index is 1.88. The van der Waals surface area contributed by atoms with Crippen molar-refractivity contribution >= 4 is 38.9 Å². The van der Waals surface area contributed by atoms with Gasteiger partial charge in [0, 0.05) is 10.6 Å². The predicted octanol–water partition coefficient (Wildman–Crippen LogP) is 4.68. The van der Waals surface area contributed by atoms with E-state index in [2.05, 4.69) is 4.98 Å². The van der Waals surface area contributed by atoms with E-state index in [0.717, 1.165) is 20.8 Å². The van der Waals surface area contributed by atoms with E-state index in [4.69, 9.17) is 11.6 Å². The van der Waals surface area contributed by atoms with Crippen molar-refractivity contribution in [2.75, 3.05) is 0 Å². The predicted molar refractivity (Wildman–Crippen MR) is 83.8 cm³/mol. The highest BCUT2D eigenvalue weighted by Crippen LogP contribution is 2.23. The Kier molecular flexibility index (Phi) is 3.55. The van der Waals surface area contributed by atoms with E-state index in [9.17, 15) is 4.79 Å². The molecule has 3 aromatic rings. The highest BCUT2D eigenvalue weighted by Gasteiger charge is 2.12. The number of aryl methyl sites for hydroxylation is 1. The fourth-order valence-electron chi connectivity index (χ4n) is 2.13. The molecular formula is C16H12ClNOS. The van der Waals surface area contributed by atoms with Gasteiger partial charge >= 0.3 is 0 Å². The fraction of sp³-hybridized carbons (Fsp3) is 0.125. The Morgan fingerprint density at radius 3 is 2.80 bits per heavy atom. The smallest absolute Gasteiger partial charge is 0.169 e. The molecule has 1 aromatic heterocycles. The summed E-state index contributed by atoms with van der Waals surface area (Å²) in [5.74, 6) is 0.0506. The summed E-state index contributed by atoms with van der Waals surface area (Å²) in [5, 5.41) is 1.44. The average Bonchev–Trinajstić information content (AvgIpc) is 2.79. The summed E-state index contributed by atoms with van der Waals surface area (Å²) in [4.78, 5) is 16.8. The molecule has 2 nitrogen and oxygen atoms in total. The summed E-state index contributed by atoms with van der Waals surface area (Å²) >= 11 is 7.56. The Hall–Kier alpha value is -1.71. The summed E-state index contributed by atoms with van der Waals surface area (Å²) in [6.07, 6.45) is 0.319. The Labute approximate surface area is 126 Å². The largest absolute Gasteiger partial charge is 0.294 e. The molecule has 0 bridgehead atoms. The number of para-hydroxylation sites is 1. The number of halogens is 1. The number of carbonyl (C=O) groups is 1. The SMILES string of the molecule is Cc1cc(Cl)cc(C(=O)Cc2nc3ccccc3s2)c1. The van der Waals surface area contributed by atoms with Crippen LogP contribution in [-0.2, 0) is 6.42 Å². The molecule has 3 rings (SSSR count). The lowest BCUT2D eigenvalue weighted by Gasteiger charge is -2.01. The van der Waals surface area contributed by atoms with Crippen molar-refractivity contribution in [3.05, 3.63) is 63.6 Å². The monoisotopic (exact) mass is 301 g/mol. The molecule has 0 spiro atoms. The quantitative estimate of drug-likeness (QED) is 0.657. The molecule has 4 heteroatoms. The lowest BCUT2D eigenvalue weighted by Crippen LogP contribution is -2.03. The van der Waals surface area contributed by atoms with Gasteiger partial charge in [0.05, 0.1) is 16.6 Å². The molecule has 100 valence electrons. The molecule has 0 saturated heterocycles. The number of Topliss-reactive ketones (excluding diaryl/α,β-unsaturated/α-hetero) is 1. The molecule has 0 fully saturated rings. The summed E-state index contributed by atoms with van der Waals surface area (Å²) in [7, 11) is 0. The third-order valence-corrected chi connectivity index (χ3v) is 4.27. The van der Waals surface area contributed by atoms with Gasteiger partial charge in [0.2, 0.25) is 0 Å². The van der Waals surface area contributed by atoms with Gasteiger partial charge < -0.3 is 0 Å². The Morgan fingerprint density at radius 1 is 1.25 bits per heavy atom. The van der Waals surface area contributed by atoms with E-state index < -0.39 is 0 Å². The number of nitrogens with zero attached hydrogens (tertiary/aromatic N) is 1. The van der Waals surface area contributed by atoms with Gasteiger partial charge in [0.1, 0.15) is 5.01 Å². The molecule has 0 aliphatic heterocycles. The molecule has 0 amide bonds. The minimum Gasteiger partial charge on any atom is -0.294 e. The van der Waals surface area contributed by atoms with E-state index in [1.807, 2.05) is 43.3 Å². The van der Waals surface area contributed by atoms with E-state index in [-0.39, 0.29) is 5.78 Å². The number of aromatic nitrogens is 1. The van der Waals surface area contributed by atoms with Crippen molar-refractivity contribution in [3.8, 4) is 0 Å². The van der Waals surface area contributed by atoms with Crippen LogP contribution < -0.4 is 0 Å². The third-order valence-electron chi connectivity index (χ3n) is 3.01. The fourth-order valence-corrected chi connectivity index (χ4v) is 3.39. The van der Waals surface area contributed by atoms with Gasteiger partial charge in [0.25, 0.3) is 0 Å². The van der Waals surface area contributed by atoms with Crippen molar-refractivity contribution in [1.29, 1.82) is 0 Å². The Morgan fingerprint density at radius 2 is 2.05 bits per heavy atom. The first-order valence-electron chi connectivity index (χ1n) is 6.27. The van der Waals surface area contributed by atoms with Crippen molar-refractivity contribution in [1.82, 2.24) is 4.98 Å². The maximum absolute atomic E-state index is 12.3. The van der Waals surface area contributed by atoms with Gasteiger partial charge in [-0.25, -0.2) is 4.98 Å². The van der Waals surface area contributed by atoms with Gasteiger partial charge in [0.15, 0.2) is 5.78 Å². The zero-order chi connectivity index (χ0) is 14.1. The molecule has 0 unspecified atom stereocenters. The molecule has 0 atom stereocenters. The number of carbonyl (C=O) groups excluding carboxylic acids is 1. The van der Waals surface area contributed by atoms with Gasteiger partial charge in [-0.3, -0.25) is 4.79 Å². The van der Waals surface area contributed by atoms with Crippen LogP contribution in [0.4, 0.5) is 0 Å². The molecule has 0 N–H and O–H groups in total. The van der Waals surface area contributed by atoms with Crippen LogP contribution in [0.25, 0.3) is 10.2 Å². The van der Waals surface area contributed by atoms with Gasteiger partial charge in [-0.1, -0.05) is 23.7 Å². The van der Waals surface area contributed by atoms with E-state index >= 15 is 0 Å². The van der Waals surface area contributed by atoms with Crippen LogP contribution in [0.2, 0.25) is 5.02 Å². The average molecular weight is 302 g/mol. The first kappa shape index (κ1) is 13.3. The third kappa shape index (κ3) is 2.74. The summed E-state index contributed by atoms with van der Waals surface area (Å²) in [6.45, 7) is 1.93. The zero-order valence-electron chi connectivity index (χ0n) is 10.9. The van der Waals surface area contributed by atoms with Gasteiger partial charge in [-0.15, -0.1) is 11.3 Å². The minimum absolute atomic E-state index is 0.0506. The molecule has 0 saturated carbocycles. The van der Waals surface area contributed by atoms with Crippen LogP contribution in [0.3, 0.4) is 0 Å². The van der Waals surface area contributed by atoms with Crippen LogP contribution in [-0.4, -0.2) is 10.8 Å². The standard InChI is InChI=1S/C16H12ClNOS/c1-10-6-11(8-12(17)7-10)14(19)9-16-18-13-4-2-3-5-15(13)20-16/h2-8H,9H2,1H3. The molecule has 20 heavy (non-hydrogen) atoms. The maximum atomic E-state index is 12.3. The van der Waals surface area contributed by atoms with Crippen molar-refractivity contribution < 1.29 is 4.79 Å². The van der Waals surface area contributed by atoms with Gasteiger partial charge in [-0.2, -0.15) is 0 Å². The number of thiazole rings is 1. The maximum Gasteiger partial charge on any atom is 0.169 e. The van der Waals surface area contributed by atoms with Crippen LogP contribution in [0, 0.1) is 6.92 Å². The first-order valence-corrected chi connectivity index (χ1v) is 7.46. The number of rotatable bonds is 3. The zero-order valence-corrected chi connectivity index (χ0v) is 12.5. The lowest BCUT2D eigenvalue weighted by atomic mass is 10.1. The molecule has 1 heterocycles. The van der Waals surface area contributed by atoms with Crippen LogP contribution in [0.1, 0.15) is 20.9 Å². The van der Waals surface area contributed by atoms with Crippen molar-refractivity contribution in [2.24, 2.45) is 0 Å². The van der Waals surface area contributed by atoms with Crippen molar-refractivity contribution in [2.45, 2.75) is 13.3 Å². The van der Waals surface area contributed by atoms with E-state index in [1.54, 1.807) is 17.4 Å². The van der Waals surface area contributed by atoms with E-state index in [1.165, 1.54) is 0 Å². The van der Waals surface area contributed by atoms with Crippen LogP contribution >= 0.6 is 22.9 Å². The number of hydrogen-bond acceptors (Lipinski definition) is 3. The second-order valence-corrected chi connectivity index (χ2v) is 6.24. The summed E-state index contributed by atoms with van der Waals surface area (Å²) in [6, 6.07) is 13.3. The second-order valence-electron chi connectivity index (χ2n) is 4.69.